The van der Waals surface area contributed by atoms with Crippen molar-refractivity contribution in [3.8, 4) is 0 Å². The van der Waals surface area contributed by atoms with Crippen molar-refractivity contribution in [1.29, 1.82) is 0 Å². The Labute approximate surface area is 58.4 Å². The van der Waals surface area contributed by atoms with E-state index in [0.29, 0.717) is 5.56 Å². The fraction of sp³-hybridized carbons (Fsp3) is 0. The summed E-state index contributed by atoms with van der Waals surface area (Å²) in [5.41, 5.74) is 0.556. The van der Waals surface area contributed by atoms with Gasteiger partial charge in [0, 0.05) is 0 Å². The molecule has 0 heterocycles. The van der Waals surface area contributed by atoms with E-state index in [2.05, 4.69) is 6.21 Å². The standard InChI is InChI=1S/C7H6NO2/c9-8(10)6-7-4-2-1-3-5-7/h1-5H,(H,9,10)/q-1. The quantitative estimate of drug-likeness (QED) is 0.205. The monoisotopic (exact) mass is 136 g/mol. The summed E-state index contributed by atoms with van der Waals surface area (Å²) < 4.78 is 0. The van der Waals surface area contributed by atoms with E-state index in [-0.39, 0.29) is 4.90 Å². The number of hydrogen-bond acceptors (Lipinski definition) is 2. The highest BCUT2D eigenvalue weighted by atomic mass is 16.8. The molecule has 52 valence electrons. The summed E-state index contributed by atoms with van der Waals surface area (Å²) in [6.07, 6.45) is 2.14. The molecule has 1 rings (SSSR count). The zero-order chi connectivity index (χ0) is 7.40. The predicted octanol–water partition coefficient (Wildman–Crippen LogP) is 0.882. The third-order valence-corrected chi connectivity index (χ3v) is 0.999. The normalized spacial score (nSPS) is 11.4. The number of benzene rings is 1. The molecule has 0 aliphatic rings. The van der Waals surface area contributed by atoms with Crippen LogP contribution in [0.3, 0.4) is 0 Å². The van der Waals surface area contributed by atoms with Crippen molar-refractivity contribution in [3.05, 3.63) is 41.1 Å². The number of hydrogen-bond donors (Lipinski definition) is 1. The van der Waals surface area contributed by atoms with Crippen LogP contribution in [0, 0.1) is 5.21 Å². The maximum atomic E-state index is 9.97. The van der Waals surface area contributed by atoms with Gasteiger partial charge in [-0.1, -0.05) is 6.07 Å². The summed E-state index contributed by atoms with van der Waals surface area (Å²) in [5.74, 6) is 0. The second-order valence-corrected chi connectivity index (χ2v) is 1.75. The first-order valence-corrected chi connectivity index (χ1v) is 2.77. The second kappa shape index (κ2) is 2.87. The van der Waals surface area contributed by atoms with Crippen LogP contribution in [0.25, 0.3) is 0 Å². The van der Waals surface area contributed by atoms with Crippen molar-refractivity contribution in [2.24, 2.45) is 0 Å². The van der Waals surface area contributed by atoms with Gasteiger partial charge in [-0.05, 0) is 4.90 Å². The lowest BCUT2D eigenvalue weighted by Gasteiger charge is -1.95. The van der Waals surface area contributed by atoms with Crippen molar-refractivity contribution in [3.63, 3.8) is 0 Å². The van der Waals surface area contributed by atoms with Crippen molar-refractivity contribution in [2.45, 2.75) is 0 Å². The zero-order valence-corrected chi connectivity index (χ0v) is 5.19. The van der Waals surface area contributed by atoms with Gasteiger partial charge in [-0.2, -0.15) is 12.1 Å². The molecule has 3 heteroatoms. The number of nitrogens with zero attached hydrogens (tertiary/aromatic N) is 1. The van der Waals surface area contributed by atoms with Gasteiger partial charge in [-0.25, -0.2) is 0 Å². The molecule has 0 spiro atoms. The first kappa shape index (κ1) is 6.61. The molecule has 0 aliphatic carbocycles. The molecule has 0 saturated heterocycles. The van der Waals surface area contributed by atoms with Crippen LogP contribution in [0.2, 0.25) is 0 Å². The van der Waals surface area contributed by atoms with Crippen LogP contribution in [-0.4, -0.2) is 16.3 Å². The molecule has 1 aromatic rings. The molecule has 10 heavy (non-hydrogen) atoms. The van der Waals surface area contributed by atoms with E-state index < -0.39 is 0 Å². The minimum absolute atomic E-state index is 0.338. The molecular formula is C7H6NO2-. The van der Waals surface area contributed by atoms with Gasteiger partial charge in [-0.3, -0.25) is 5.21 Å². The van der Waals surface area contributed by atoms with Crippen LogP contribution in [0.1, 0.15) is 5.56 Å². The van der Waals surface area contributed by atoms with Crippen LogP contribution < -0.4 is 0 Å². The van der Waals surface area contributed by atoms with Crippen molar-refractivity contribution in [1.82, 2.24) is 0 Å². The summed E-state index contributed by atoms with van der Waals surface area (Å²) in [5, 5.41) is 18.1. The van der Waals surface area contributed by atoms with Crippen LogP contribution >= 0.6 is 0 Å². The molecule has 1 aromatic carbocycles. The molecule has 0 bridgehead atoms. The lowest BCUT2D eigenvalue weighted by Crippen LogP contribution is -1.97. The maximum absolute atomic E-state index is 9.97. The Morgan fingerprint density at radius 2 is 1.90 bits per heavy atom. The SMILES string of the molecule is [O-][N+](O)=[C-]c1ccccc1. The Bertz CT molecular complexity index is 227. The van der Waals surface area contributed by atoms with Gasteiger partial charge in [-0.15, -0.1) is 17.7 Å². The van der Waals surface area contributed by atoms with Gasteiger partial charge in [0.2, 0.25) is 0 Å². The molecule has 0 fully saturated rings. The minimum Gasteiger partial charge on any atom is -0.428 e. The highest BCUT2D eigenvalue weighted by molar-refractivity contribution is 5.75. The zero-order valence-electron chi connectivity index (χ0n) is 5.19. The Kier molecular flexibility index (Phi) is 1.89. The van der Waals surface area contributed by atoms with Gasteiger partial charge in [0.15, 0.2) is 6.21 Å². The van der Waals surface area contributed by atoms with E-state index in [9.17, 15) is 5.21 Å². The molecule has 0 aromatic heterocycles. The molecule has 0 aliphatic heterocycles. The Balaban J connectivity index is 2.87. The first-order valence-electron chi connectivity index (χ1n) is 2.77. The molecule has 3 nitrogen and oxygen atoms in total. The molecule has 0 unspecified atom stereocenters. The van der Waals surface area contributed by atoms with Crippen molar-refractivity contribution >= 4 is 6.21 Å². The van der Waals surface area contributed by atoms with E-state index in [1.165, 1.54) is 0 Å². The Morgan fingerprint density at radius 1 is 1.30 bits per heavy atom. The first-order chi connectivity index (χ1) is 4.79. The third kappa shape index (κ3) is 1.78. The Morgan fingerprint density at radius 3 is 2.40 bits per heavy atom. The third-order valence-electron chi connectivity index (χ3n) is 0.999. The summed E-state index contributed by atoms with van der Waals surface area (Å²) in [6, 6.07) is 8.66. The van der Waals surface area contributed by atoms with Gasteiger partial charge in [0.1, 0.15) is 0 Å². The second-order valence-electron chi connectivity index (χ2n) is 1.75. The maximum Gasteiger partial charge on any atom is 0.191 e. The highest BCUT2D eigenvalue weighted by Gasteiger charge is 1.80. The molecule has 0 amide bonds. The molecular weight excluding hydrogens is 130 g/mol. The van der Waals surface area contributed by atoms with Crippen molar-refractivity contribution < 1.29 is 10.1 Å². The van der Waals surface area contributed by atoms with Crippen LogP contribution in [0.5, 0.6) is 0 Å². The van der Waals surface area contributed by atoms with Gasteiger partial charge < -0.3 is 5.21 Å². The summed E-state index contributed by atoms with van der Waals surface area (Å²) in [6.45, 7) is 0. The lowest BCUT2D eigenvalue weighted by molar-refractivity contribution is -0.722. The smallest absolute Gasteiger partial charge is 0.191 e. The van der Waals surface area contributed by atoms with E-state index in [1.807, 2.05) is 6.07 Å². The van der Waals surface area contributed by atoms with Gasteiger partial charge in [0.25, 0.3) is 0 Å². The predicted molar refractivity (Wildman–Crippen MR) is 36.0 cm³/mol. The average Bonchev–Trinajstić information content (AvgIpc) is 1.88. The largest absolute Gasteiger partial charge is 0.428 e. The molecule has 0 saturated carbocycles. The fourth-order valence-corrected chi connectivity index (χ4v) is 0.623. The Hall–Kier alpha value is -1.51. The van der Waals surface area contributed by atoms with E-state index in [0.717, 1.165) is 0 Å². The van der Waals surface area contributed by atoms with Crippen LogP contribution in [-0.2, 0) is 0 Å². The number of rotatable bonds is 1. The molecule has 1 N–H and O–H groups in total. The highest BCUT2D eigenvalue weighted by Crippen LogP contribution is 1.92. The average molecular weight is 136 g/mol. The van der Waals surface area contributed by atoms with E-state index >= 15 is 0 Å². The lowest BCUT2D eigenvalue weighted by atomic mass is 10.2. The van der Waals surface area contributed by atoms with E-state index in [1.54, 1.807) is 24.3 Å². The van der Waals surface area contributed by atoms with Gasteiger partial charge >= 0.3 is 0 Å². The van der Waals surface area contributed by atoms with Crippen LogP contribution in [0.4, 0.5) is 0 Å². The summed E-state index contributed by atoms with van der Waals surface area (Å²) in [4.78, 5) is -0.338. The minimum atomic E-state index is -0.338. The summed E-state index contributed by atoms with van der Waals surface area (Å²) in [7, 11) is 0. The fourth-order valence-electron chi connectivity index (χ4n) is 0.623. The molecule has 0 radical (unpaired) electrons. The van der Waals surface area contributed by atoms with Crippen LogP contribution in [0.15, 0.2) is 30.3 Å². The van der Waals surface area contributed by atoms with Gasteiger partial charge in [0.05, 0.1) is 0 Å². The molecule has 0 atom stereocenters. The van der Waals surface area contributed by atoms with E-state index in [4.69, 9.17) is 5.21 Å². The topological polar surface area (TPSA) is 46.3 Å². The summed E-state index contributed by atoms with van der Waals surface area (Å²) >= 11 is 0. The van der Waals surface area contributed by atoms with Crippen molar-refractivity contribution in [2.75, 3.05) is 0 Å².